The Hall–Kier alpha value is -1.90. The summed E-state index contributed by atoms with van der Waals surface area (Å²) in [7, 11) is 0. The minimum atomic E-state index is 0.0532. The van der Waals surface area contributed by atoms with Crippen LogP contribution in [0.3, 0.4) is 0 Å². The van der Waals surface area contributed by atoms with Crippen molar-refractivity contribution in [2.75, 3.05) is 5.73 Å². The van der Waals surface area contributed by atoms with E-state index in [-0.39, 0.29) is 5.78 Å². The number of nitrogens with two attached hydrogens (primary N) is 1. The number of aromatic nitrogens is 1. The normalized spacial score (nSPS) is 11.0. The van der Waals surface area contributed by atoms with Gasteiger partial charge in [0.1, 0.15) is 5.69 Å². The summed E-state index contributed by atoms with van der Waals surface area (Å²) in [6.45, 7) is 4.03. The average molecular weight is 228 g/mol. The van der Waals surface area contributed by atoms with Gasteiger partial charge in [-0.25, -0.2) is 4.98 Å². The number of Topliss-reactive ketones (excluding diaryl/α,β-unsaturated/α-hetero) is 1. The summed E-state index contributed by atoms with van der Waals surface area (Å²) in [4.78, 5) is 16.3. The van der Waals surface area contributed by atoms with Crippen molar-refractivity contribution in [1.29, 1.82) is 0 Å². The fourth-order valence-electron chi connectivity index (χ4n) is 1.82. The maximum atomic E-state index is 11.9. The lowest BCUT2D eigenvalue weighted by Gasteiger charge is -2.07. The molecule has 17 heavy (non-hydrogen) atoms. The van der Waals surface area contributed by atoms with Crippen LogP contribution in [-0.2, 0) is 0 Å². The number of hydrogen-bond acceptors (Lipinski definition) is 3. The highest BCUT2D eigenvalue weighted by Gasteiger charge is 2.12. The molecule has 0 spiro atoms. The van der Waals surface area contributed by atoms with Gasteiger partial charge in [-0.2, -0.15) is 0 Å². The van der Waals surface area contributed by atoms with Crippen LogP contribution < -0.4 is 5.73 Å². The van der Waals surface area contributed by atoms with Gasteiger partial charge in [-0.1, -0.05) is 32.0 Å². The minimum Gasteiger partial charge on any atom is -0.398 e. The zero-order valence-electron chi connectivity index (χ0n) is 10.1. The minimum absolute atomic E-state index is 0.0532. The van der Waals surface area contributed by atoms with Gasteiger partial charge in [0, 0.05) is 17.5 Å². The van der Waals surface area contributed by atoms with Gasteiger partial charge in [-0.05, 0) is 18.1 Å². The molecule has 2 rings (SSSR count). The molecule has 0 saturated carbocycles. The van der Waals surface area contributed by atoms with Crippen molar-refractivity contribution in [3.8, 4) is 0 Å². The highest BCUT2D eigenvalue weighted by molar-refractivity contribution is 6.00. The second-order valence-corrected chi connectivity index (χ2v) is 4.64. The topological polar surface area (TPSA) is 56.0 Å². The molecule has 0 saturated heterocycles. The van der Waals surface area contributed by atoms with Crippen molar-refractivity contribution in [3.05, 3.63) is 36.0 Å². The molecule has 0 aliphatic heterocycles. The van der Waals surface area contributed by atoms with E-state index in [1.165, 1.54) is 0 Å². The molecule has 3 nitrogen and oxygen atoms in total. The van der Waals surface area contributed by atoms with Gasteiger partial charge in [-0.3, -0.25) is 4.79 Å². The van der Waals surface area contributed by atoms with Gasteiger partial charge in [0.15, 0.2) is 5.78 Å². The predicted octanol–water partition coefficient (Wildman–Crippen LogP) is 3.05. The third-order valence-electron chi connectivity index (χ3n) is 2.63. The van der Waals surface area contributed by atoms with Gasteiger partial charge < -0.3 is 5.73 Å². The SMILES string of the molecule is CC(C)CC(=O)c1cc(N)c2ccccc2n1. The predicted molar refractivity (Wildman–Crippen MR) is 69.9 cm³/mol. The standard InChI is InChI=1S/C14H16N2O/c1-9(2)7-14(17)13-8-11(15)10-5-3-4-6-12(10)16-13/h3-6,8-9H,7H2,1-2H3,(H2,15,16). The van der Waals surface area contributed by atoms with Crippen LogP contribution >= 0.6 is 0 Å². The third kappa shape index (κ3) is 2.44. The van der Waals surface area contributed by atoms with Gasteiger partial charge in [0.25, 0.3) is 0 Å². The van der Waals surface area contributed by atoms with Crippen molar-refractivity contribution < 1.29 is 4.79 Å². The van der Waals surface area contributed by atoms with Crippen molar-refractivity contribution in [2.24, 2.45) is 5.92 Å². The molecule has 2 aromatic rings. The summed E-state index contributed by atoms with van der Waals surface area (Å²) in [5.74, 6) is 0.384. The second-order valence-electron chi connectivity index (χ2n) is 4.64. The molecule has 0 fully saturated rings. The van der Waals surface area contributed by atoms with E-state index in [2.05, 4.69) is 4.98 Å². The summed E-state index contributed by atoms with van der Waals surface area (Å²) in [5, 5.41) is 0.897. The summed E-state index contributed by atoms with van der Waals surface area (Å²) < 4.78 is 0. The molecule has 1 aromatic heterocycles. The van der Waals surface area contributed by atoms with Crippen LogP contribution in [0.1, 0.15) is 30.8 Å². The first kappa shape index (κ1) is 11.6. The summed E-state index contributed by atoms with van der Waals surface area (Å²) in [6.07, 6.45) is 0.505. The van der Waals surface area contributed by atoms with Crippen LogP contribution in [-0.4, -0.2) is 10.8 Å². The van der Waals surface area contributed by atoms with Crippen LogP contribution in [0.15, 0.2) is 30.3 Å². The van der Waals surface area contributed by atoms with Crippen molar-refractivity contribution in [2.45, 2.75) is 20.3 Å². The lowest BCUT2D eigenvalue weighted by Crippen LogP contribution is -2.07. The van der Waals surface area contributed by atoms with E-state index in [0.717, 1.165) is 10.9 Å². The fourth-order valence-corrected chi connectivity index (χ4v) is 1.82. The van der Waals surface area contributed by atoms with Crippen LogP contribution in [0.2, 0.25) is 0 Å². The summed E-state index contributed by atoms with van der Waals surface area (Å²) >= 11 is 0. The van der Waals surface area contributed by atoms with Gasteiger partial charge in [-0.15, -0.1) is 0 Å². The van der Waals surface area contributed by atoms with Crippen molar-refractivity contribution in [1.82, 2.24) is 4.98 Å². The molecule has 1 aromatic carbocycles. The number of rotatable bonds is 3. The van der Waals surface area contributed by atoms with E-state index in [1.807, 2.05) is 38.1 Å². The Morgan fingerprint density at radius 1 is 1.35 bits per heavy atom. The average Bonchev–Trinajstić information content (AvgIpc) is 2.28. The van der Waals surface area contributed by atoms with Gasteiger partial charge in [0.2, 0.25) is 0 Å². The van der Waals surface area contributed by atoms with Crippen LogP contribution in [0.25, 0.3) is 10.9 Å². The van der Waals surface area contributed by atoms with E-state index >= 15 is 0 Å². The Morgan fingerprint density at radius 3 is 2.76 bits per heavy atom. The van der Waals surface area contributed by atoms with Gasteiger partial charge >= 0.3 is 0 Å². The smallest absolute Gasteiger partial charge is 0.181 e. The van der Waals surface area contributed by atoms with Crippen LogP contribution in [0, 0.1) is 5.92 Å². The first-order valence-corrected chi connectivity index (χ1v) is 5.76. The van der Waals surface area contributed by atoms with E-state index in [0.29, 0.717) is 23.7 Å². The monoisotopic (exact) mass is 228 g/mol. The zero-order chi connectivity index (χ0) is 12.4. The van der Waals surface area contributed by atoms with Gasteiger partial charge in [0.05, 0.1) is 5.52 Å². The van der Waals surface area contributed by atoms with E-state index < -0.39 is 0 Å². The number of carbonyl (C=O) groups excluding carboxylic acids is 1. The first-order chi connectivity index (χ1) is 8.08. The molecule has 0 atom stereocenters. The molecular formula is C14H16N2O. The van der Waals surface area contributed by atoms with E-state index in [1.54, 1.807) is 6.07 Å². The number of hydrogen-bond donors (Lipinski definition) is 1. The van der Waals surface area contributed by atoms with Crippen molar-refractivity contribution in [3.63, 3.8) is 0 Å². The quantitative estimate of drug-likeness (QED) is 0.821. The van der Waals surface area contributed by atoms with E-state index in [4.69, 9.17) is 5.73 Å². The number of carbonyl (C=O) groups is 1. The number of fused-ring (bicyclic) bond motifs is 1. The van der Waals surface area contributed by atoms with Crippen molar-refractivity contribution >= 4 is 22.4 Å². The second kappa shape index (κ2) is 4.53. The molecule has 0 unspecified atom stereocenters. The Bertz CT molecular complexity index is 561. The molecular weight excluding hydrogens is 212 g/mol. The molecule has 0 aliphatic rings. The molecule has 0 bridgehead atoms. The Balaban J connectivity index is 2.46. The first-order valence-electron chi connectivity index (χ1n) is 5.76. The number of para-hydroxylation sites is 1. The third-order valence-corrected chi connectivity index (χ3v) is 2.63. The maximum absolute atomic E-state index is 11.9. The highest BCUT2D eigenvalue weighted by Crippen LogP contribution is 2.21. The lowest BCUT2D eigenvalue weighted by atomic mass is 10.0. The molecule has 88 valence electrons. The number of anilines is 1. The summed E-state index contributed by atoms with van der Waals surface area (Å²) in [6, 6.07) is 9.26. The number of benzene rings is 1. The number of nitrogen functional groups attached to an aromatic ring is 1. The van der Waals surface area contributed by atoms with Crippen LogP contribution in [0.5, 0.6) is 0 Å². The van der Waals surface area contributed by atoms with Crippen LogP contribution in [0.4, 0.5) is 5.69 Å². The molecule has 3 heteroatoms. The number of ketones is 1. The molecule has 0 aliphatic carbocycles. The largest absolute Gasteiger partial charge is 0.398 e. The Kier molecular flexibility index (Phi) is 3.09. The summed E-state index contributed by atoms with van der Waals surface area (Å²) in [5.41, 5.74) is 7.79. The Labute approximate surface area is 101 Å². The lowest BCUT2D eigenvalue weighted by molar-refractivity contribution is 0.0963. The zero-order valence-corrected chi connectivity index (χ0v) is 10.1. The fraction of sp³-hybridized carbons (Fsp3) is 0.286. The highest BCUT2D eigenvalue weighted by atomic mass is 16.1. The molecule has 0 amide bonds. The number of pyridine rings is 1. The van der Waals surface area contributed by atoms with E-state index in [9.17, 15) is 4.79 Å². The molecule has 0 radical (unpaired) electrons. The molecule has 2 N–H and O–H groups in total. The Morgan fingerprint density at radius 2 is 2.06 bits per heavy atom. The number of nitrogens with zero attached hydrogens (tertiary/aromatic N) is 1. The maximum Gasteiger partial charge on any atom is 0.181 e. The molecule has 1 heterocycles.